The Balaban J connectivity index is 1.84. The highest BCUT2D eigenvalue weighted by Gasteiger charge is 2.43. The van der Waals surface area contributed by atoms with Gasteiger partial charge < -0.3 is 15.7 Å². The van der Waals surface area contributed by atoms with Crippen molar-refractivity contribution in [2.24, 2.45) is 11.3 Å². The molecule has 17 heavy (non-hydrogen) atoms. The molecule has 3 unspecified atom stereocenters. The average Bonchev–Trinajstić information content (AvgIpc) is 2.87. The number of hydrogen-bond donors (Lipinski definition) is 3. The third-order valence-electron chi connectivity index (χ3n) is 3.92. The predicted octanol–water partition coefficient (Wildman–Crippen LogP) is 0.354. The quantitative estimate of drug-likeness (QED) is 0.662. The Morgan fingerprint density at radius 1 is 1.41 bits per heavy atom. The number of rotatable bonds is 4. The summed E-state index contributed by atoms with van der Waals surface area (Å²) in [4.78, 5) is 22.9. The fourth-order valence-electron chi connectivity index (χ4n) is 2.63. The molecule has 2 aliphatic heterocycles. The maximum atomic E-state index is 12.0. The van der Waals surface area contributed by atoms with Gasteiger partial charge in [-0.25, -0.2) is 0 Å². The van der Waals surface area contributed by atoms with E-state index in [0.29, 0.717) is 12.1 Å². The molecule has 2 fully saturated rings. The number of carboxylic acids is 1. The highest BCUT2D eigenvalue weighted by atomic mass is 16.4. The van der Waals surface area contributed by atoms with Crippen LogP contribution >= 0.6 is 0 Å². The summed E-state index contributed by atoms with van der Waals surface area (Å²) in [6, 6.07) is 0.788. The zero-order valence-corrected chi connectivity index (χ0v) is 10.3. The number of nitrogens with one attached hydrogen (secondary N) is 2. The molecule has 96 valence electrons. The first kappa shape index (κ1) is 12.4. The minimum atomic E-state index is -0.902. The van der Waals surface area contributed by atoms with Gasteiger partial charge in [0.15, 0.2) is 0 Å². The highest BCUT2D eigenvalue weighted by molar-refractivity contribution is 5.81. The van der Waals surface area contributed by atoms with Gasteiger partial charge in [0.2, 0.25) is 5.91 Å². The smallest absolute Gasteiger partial charge is 0.310 e. The van der Waals surface area contributed by atoms with E-state index in [1.54, 1.807) is 13.8 Å². The molecule has 0 radical (unpaired) electrons. The molecular formula is C12H20N2O3. The summed E-state index contributed by atoms with van der Waals surface area (Å²) in [5.74, 6) is -0.860. The van der Waals surface area contributed by atoms with E-state index in [4.69, 9.17) is 5.11 Å². The lowest BCUT2D eigenvalue weighted by molar-refractivity contribution is -0.146. The van der Waals surface area contributed by atoms with Crippen molar-refractivity contribution in [2.75, 3.05) is 6.54 Å². The Morgan fingerprint density at radius 3 is 2.59 bits per heavy atom. The van der Waals surface area contributed by atoms with Crippen LogP contribution in [0.1, 0.15) is 33.1 Å². The lowest BCUT2D eigenvalue weighted by Crippen LogP contribution is -2.43. The molecule has 2 rings (SSSR count). The summed E-state index contributed by atoms with van der Waals surface area (Å²) < 4.78 is 0. The number of carbonyl (C=O) groups is 2. The molecule has 2 heterocycles. The van der Waals surface area contributed by atoms with Crippen LogP contribution in [0.3, 0.4) is 0 Å². The Labute approximate surface area is 101 Å². The standard InChI is InChI=1S/C12H20N2O3/c1-12(2,11(16)17)6-13-10(15)8-5-7-3-4-9(8)14-7/h7-9,14H,3-6H2,1-2H3,(H,13,15)(H,16,17). The van der Waals surface area contributed by atoms with E-state index in [0.717, 1.165) is 19.3 Å². The number of aliphatic carboxylic acids is 1. The summed E-state index contributed by atoms with van der Waals surface area (Å²) >= 11 is 0. The van der Waals surface area contributed by atoms with E-state index in [2.05, 4.69) is 10.6 Å². The molecule has 0 aromatic rings. The summed E-state index contributed by atoms with van der Waals surface area (Å²) in [7, 11) is 0. The van der Waals surface area contributed by atoms with Gasteiger partial charge in [0.1, 0.15) is 0 Å². The molecule has 3 N–H and O–H groups in total. The lowest BCUT2D eigenvalue weighted by Gasteiger charge is -2.23. The van der Waals surface area contributed by atoms with Crippen molar-refractivity contribution in [3.05, 3.63) is 0 Å². The maximum absolute atomic E-state index is 12.0. The van der Waals surface area contributed by atoms with Gasteiger partial charge in [0, 0.05) is 18.6 Å². The number of amides is 1. The summed E-state index contributed by atoms with van der Waals surface area (Å²) in [6.45, 7) is 3.43. The van der Waals surface area contributed by atoms with Crippen molar-refractivity contribution < 1.29 is 14.7 Å². The SMILES string of the molecule is CC(C)(CNC(=O)C1CC2CCC1N2)C(=O)O. The minimum absolute atomic E-state index is 0.000903. The molecule has 2 bridgehead atoms. The van der Waals surface area contributed by atoms with E-state index in [-0.39, 0.29) is 18.4 Å². The summed E-state index contributed by atoms with van der Waals surface area (Å²) in [5.41, 5.74) is -0.902. The van der Waals surface area contributed by atoms with Gasteiger partial charge in [-0.2, -0.15) is 0 Å². The highest BCUT2D eigenvalue weighted by Crippen LogP contribution is 2.33. The van der Waals surface area contributed by atoms with Crippen LogP contribution in [0.5, 0.6) is 0 Å². The van der Waals surface area contributed by atoms with Gasteiger partial charge in [0.05, 0.1) is 11.3 Å². The molecule has 0 aliphatic carbocycles. The zero-order chi connectivity index (χ0) is 12.6. The molecule has 1 amide bonds. The second kappa shape index (κ2) is 4.29. The number of hydrogen-bond acceptors (Lipinski definition) is 3. The lowest BCUT2D eigenvalue weighted by atomic mass is 9.88. The van der Waals surface area contributed by atoms with Crippen LogP contribution in [-0.2, 0) is 9.59 Å². The van der Waals surface area contributed by atoms with Gasteiger partial charge in [-0.05, 0) is 33.1 Å². The Morgan fingerprint density at radius 2 is 2.12 bits per heavy atom. The topological polar surface area (TPSA) is 78.4 Å². The molecular weight excluding hydrogens is 220 g/mol. The van der Waals surface area contributed by atoms with Crippen LogP contribution in [0.2, 0.25) is 0 Å². The molecule has 0 aromatic carbocycles. The largest absolute Gasteiger partial charge is 0.481 e. The molecule has 2 saturated heterocycles. The van der Waals surface area contributed by atoms with Crippen LogP contribution in [-0.4, -0.2) is 35.6 Å². The Bertz CT molecular complexity index is 341. The summed E-state index contributed by atoms with van der Waals surface area (Å²) in [5, 5.41) is 15.1. The Hall–Kier alpha value is -1.10. The van der Waals surface area contributed by atoms with E-state index in [1.807, 2.05) is 0 Å². The maximum Gasteiger partial charge on any atom is 0.310 e. The van der Waals surface area contributed by atoms with E-state index >= 15 is 0 Å². The van der Waals surface area contributed by atoms with Crippen molar-refractivity contribution in [3.8, 4) is 0 Å². The van der Waals surface area contributed by atoms with Gasteiger partial charge in [-0.3, -0.25) is 9.59 Å². The van der Waals surface area contributed by atoms with Gasteiger partial charge in [0.25, 0.3) is 0 Å². The predicted molar refractivity (Wildman–Crippen MR) is 62.5 cm³/mol. The van der Waals surface area contributed by atoms with Crippen molar-refractivity contribution in [1.29, 1.82) is 0 Å². The molecule has 5 heteroatoms. The average molecular weight is 240 g/mol. The normalized spacial score (nSPS) is 31.5. The summed E-state index contributed by atoms with van der Waals surface area (Å²) in [6.07, 6.45) is 3.12. The number of carboxylic acid groups (broad SMARTS) is 1. The second-order valence-electron chi connectivity index (χ2n) is 5.80. The van der Waals surface area contributed by atoms with E-state index < -0.39 is 11.4 Å². The minimum Gasteiger partial charge on any atom is -0.481 e. The molecule has 0 spiro atoms. The molecule has 0 aromatic heterocycles. The second-order valence-corrected chi connectivity index (χ2v) is 5.80. The van der Waals surface area contributed by atoms with Gasteiger partial charge >= 0.3 is 5.97 Å². The van der Waals surface area contributed by atoms with Crippen molar-refractivity contribution >= 4 is 11.9 Å². The van der Waals surface area contributed by atoms with Crippen LogP contribution in [0.25, 0.3) is 0 Å². The Kier molecular flexibility index (Phi) is 3.12. The van der Waals surface area contributed by atoms with Crippen molar-refractivity contribution in [2.45, 2.75) is 45.2 Å². The first-order valence-corrected chi connectivity index (χ1v) is 6.17. The molecule has 3 atom stereocenters. The monoisotopic (exact) mass is 240 g/mol. The van der Waals surface area contributed by atoms with Crippen LogP contribution in [0.15, 0.2) is 0 Å². The van der Waals surface area contributed by atoms with Crippen LogP contribution < -0.4 is 10.6 Å². The number of carbonyl (C=O) groups excluding carboxylic acids is 1. The van der Waals surface area contributed by atoms with Crippen molar-refractivity contribution in [3.63, 3.8) is 0 Å². The first-order valence-electron chi connectivity index (χ1n) is 6.17. The molecule has 5 nitrogen and oxygen atoms in total. The van der Waals surface area contributed by atoms with E-state index in [9.17, 15) is 9.59 Å². The molecule has 0 saturated carbocycles. The fourth-order valence-corrected chi connectivity index (χ4v) is 2.63. The van der Waals surface area contributed by atoms with E-state index in [1.165, 1.54) is 0 Å². The van der Waals surface area contributed by atoms with Crippen LogP contribution in [0, 0.1) is 11.3 Å². The van der Waals surface area contributed by atoms with Gasteiger partial charge in [-0.1, -0.05) is 0 Å². The zero-order valence-electron chi connectivity index (χ0n) is 10.3. The van der Waals surface area contributed by atoms with Gasteiger partial charge in [-0.15, -0.1) is 0 Å². The fraction of sp³-hybridized carbons (Fsp3) is 0.833. The van der Waals surface area contributed by atoms with Crippen molar-refractivity contribution in [1.82, 2.24) is 10.6 Å². The third kappa shape index (κ3) is 2.44. The van der Waals surface area contributed by atoms with Crippen LogP contribution in [0.4, 0.5) is 0 Å². The molecule has 2 aliphatic rings. The number of fused-ring (bicyclic) bond motifs is 2. The third-order valence-corrected chi connectivity index (χ3v) is 3.92. The first-order chi connectivity index (χ1) is 7.90.